The average Bonchev–Trinajstić information content (AvgIpc) is 2.97. The molecule has 0 aliphatic rings. The number of carbonyl (C=O) groups is 1. The monoisotopic (exact) mass is 388 g/mol. The second-order valence-electron chi connectivity index (χ2n) is 9.00. The lowest BCUT2D eigenvalue weighted by Gasteiger charge is -2.34. The molecule has 0 radical (unpaired) electrons. The van der Waals surface area contributed by atoms with E-state index in [1.165, 1.54) is 0 Å². The minimum Gasteiger partial charge on any atom is -0.345 e. The molecular formula is C23H33ClN2O. The van der Waals surface area contributed by atoms with Crippen molar-refractivity contribution < 1.29 is 4.79 Å². The van der Waals surface area contributed by atoms with Crippen molar-refractivity contribution in [2.24, 2.45) is 11.3 Å². The van der Waals surface area contributed by atoms with Gasteiger partial charge in [0.05, 0.1) is 6.54 Å². The average molecular weight is 389 g/mol. The van der Waals surface area contributed by atoms with Gasteiger partial charge in [0.25, 0.3) is 0 Å². The van der Waals surface area contributed by atoms with E-state index in [0.717, 1.165) is 22.8 Å². The van der Waals surface area contributed by atoms with Gasteiger partial charge in [-0.2, -0.15) is 0 Å². The van der Waals surface area contributed by atoms with Crippen molar-refractivity contribution in [2.75, 3.05) is 0 Å². The summed E-state index contributed by atoms with van der Waals surface area (Å²) in [6.45, 7) is 14.2. The first-order chi connectivity index (χ1) is 12.6. The van der Waals surface area contributed by atoms with Crippen molar-refractivity contribution in [1.82, 2.24) is 9.47 Å². The van der Waals surface area contributed by atoms with Crippen LogP contribution in [0.4, 0.5) is 0 Å². The molecule has 0 spiro atoms. The molecule has 4 heteroatoms. The van der Waals surface area contributed by atoms with Gasteiger partial charge in [0.1, 0.15) is 0 Å². The normalized spacial score (nSPS) is 13.0. The van der Waals surface area contributed by atoms with Crippen LogP contribution in [0.25, 0.3) is 0 Å². The first-order valence-corrected chi connectivity index (χ1v) is 10.1. The molecule has 1 unspecified atom stereocenters. The quantitative estimate of drug-likeness (QED) is 0.571. The smallest absolute Gasteiger partial charge is 0.223 e. The molecule has 148 valence electrons. The zero-order valence-electron chi connectivity index (χ0n) is 17.5. The van der Waals surface area contributed by atoms with Crippen LogP contribution in [0.5, 0.6) is 0 Å². The Labute approximate surface area is 169 Å². The fourth-order valence-corrected chi connectivity index (χ4v) is 3.34. The third-order valence-corrected chi connectivity index (χ3v) is 5.19. The Bertz CT molecular complexity index is 758. The number of amides is 1. The summed E-state index contributed by atoms with van der Waals surface area (Å²) in [6, 6.07) is 12.3. The van der Waals surface area contributed by atoms with E-state index >= 15 is 0 Å². The number of nitrogens with zero attached hydrogens (tertiary/aromatic N) is 2. The summed E-state index contributed by atoms with van der Waals surface area (Å²) < 4.78 is 2.20. The van der Waals surface area contributed by atoms with Gasteiger partial charge in [-0.05, 0) is 48.1 Å². The number of benzene rings is 1. The van der Waals surface area contributed by atoms with Crippen LogP contribution in [0.1, 0.15) is 59.2 Å². The molecule has 2 aromatic rings. The molecule has 1 aromatic carbocycles. The van der Waals surface area contributed by atoms with Crippen LogP contribution in [-0.2, 0) is 17.9 Å². The Kier molecular flexibility index (Phi) is 7.16. The van der Waals surface area contributed by atoms with Gasteiger partial charge in [0.2, 0.25) is 5.91 Å². The fraction of sp³-hybridized carbons (Fsp3) is 0.522. The Morgan fingerprint density at radius 2 is 1.85 bits per heavy atom. The molecule has 0 saturated carbocycles. The largest absolute Gasteiger partial charge is 0.345 e. The van der Waals surface area contributed by atoms with E-state index in [0.29, 0.717) is 18.9 Å². The highest BCUT2D eigenvalue weighted by Gasteiger charge is 2.27. The highest BCUT2D eigenvalue weighted by atomic mass is 35.5. The molecule has 0 fully saturated rings. The van der Waals surface area contributed by atoms with Gasteiger partial charge >= 0.3 is 0 Å². The number of hydrogen-bond donors (Lipinski definition) is 0. The molecular weight excluding hydrogens is 356 g/mol. The molecule has 0 N–H and O–H groups in total. The van der Waals surface area contributed by atoms with Gasteiger partial charge in [0, 0.05) is 35.9 Å². The van der Waals surface area contributed by atoms with Crippen LogP contribution in [0, 0.1) is 11.3 Å². The summed E-state index contributed by atoms with van der Waals surface area (Å²) in [5.41, 5.74) is 2.28. The Balaban J connectivity index is 2.22. The number of rotatable bonds is 7. The van der Waals surface area contributed by atoms with Crippen LogP contribution in [-0.4, -0.2) is 21.4 Å². The van der Waals surface area contributed by atoms with Gasteiger partial charge in [-0.1, -0.05) is 58.4 Å². The standard InChI is InChI=1S/C23H33ClN2O/c1-17(2)18(3)26(22(27)14-23(4,5)6)16-21-11-8-12-25(21)15-19-9-7-10-20(24)13-19/h7-13,17-18H,14-16H2,1-6H3. The van der Waals surface area contributed by atoms with Gasteiger partial charge in [0.15, 0.2) is 0 Å². The highest BCUT2D eigenvalue weighted by molar-refractivity contribution is 6.30. The minimum atomic E-state index is -0.0190. The molecule has 0 saturated heterocycles. The lowest BCUT2D eigenvalue weighted by molar-refractivity contribution is -0.136. The molecule has 3 nitrogen and oxygen atoms in total. The second-order valence-corrected chi connectivity index (χ2v) is 9.44. The molecule has 2 rings (SSSR count). The molecule has 0 aliphatic heterocycles. The van der Waals surface area contributed by atoms with Crippen molar-refractivity contribution in [2.45, 2.75) is 67.1 Å². The summed E-state index contributed by atoms with van der Waals surface area (Å²) in [4.78, 5) is 15.1. The third-order valence-electron chi connectivity index (χ3n) is 4.96. The molecule has 1 heterocycles. The van der Waals surface area contributed by atoms with Gasteiger partial charge < -0.3 is 9.47 Å². The number of carbonyl (C=O) groups excluding carboxylic acids is 1. The maximum atomic E-state index is 13.0. The van der Waals surface area contributed by atoms with E-state index in [-0.39, 0.29) is 17.4 Å². The SMILES string of the molecule is CC(C)C(C)N(Cc1cccn1Cc1cccc(Cl)c1)C(=O)CC(C)(C)C. The summed E-state index contributed by atoms with van der Waals surface area (Å²) in [5.74, 6) is 0.629. The highest BCUT2D eigenvalue weighted by Crippen LogP contribution is 2.24. The third kappa shape index (κ3) is 6.42. The molecule has 1 amide bonds. The van der Waals surface area contributed by atoms with E-state index in [1.54, 1.807) is 0 Å². The lowest BCUT2D eigenvalue weighted by Crippen LogP contribution is -2.42. The number of halogens is 1. The van der Waals surface area contributed by atoms with Crippen LogP contribution < -0.4 is 0 Å². The zero-order valence-corrected chi connectivity index (χ0v) is 18.3. The fourth-order valence-electron chi connectivity index (χ4n) is 3.13. The Hall–Kier alpha value is -1.74. The van der Waals surface area contributed by atoms with E-state index < -0.39 is 0 Å². The van der Waals surface area contributed by atoms with Crippen LogP contribution in [0.2, 0.25) is 5.02 Å². The maximum absolute atomic E-state index is 13.0. The number of aromatic nitrogens is 1. The van der Waals surface area contributed by atoms with Crippen molar-refractivity contribution >= 4 is 17.5 Å². The summed E-state index contributed by atoms with van der Waals surface area (Å²) >= 11 is 6.13. The first kappa shape index (κ1) is 21.6. The van der Waals surface area contributed by atoms with Gasteiger partial charge in [-0.25, -0.2) is 0 Å². The minimum absolute atomic E-state index is 0.0190. The molecule has 27 heavy (non-hydrogen) atoms. The number of hydrogen-bond acceptors (Lipinski definition) is 1. The predicted octanol–water partition coefficient (Wildman–Crippen LogP) is 6.00. The first-order valence-electron chi connectivity index (χ1n) is 9.75. The van der Waals surface area contributed by atoms with Crippen LogP contribution in [0.3, 0.4) is 0 Å². The zero-order chi connectivity index (χ0) is 20.2. The molecule has 0 aliphatic carbocycles. The molecule has 0 bridgehead atoms. The van der Waals surface area contributed by atoms with E-state index in [1.807, 2.05) is 29.2 Å². The molecule has 1 aromatic heterocycles. The summed E-state index contributed by atoms with van der Waals surface area (Å²) in [5, 5.41) is 0.747. The Morgan fingerprint density at radius 3 is 2.44 bits per heavy atom. The van der Waals surface area contributed by atoms with Crippen LogP contribution in [0.15, 0.2) is 42.6 Å². The van der Waals surface area contributed by atoms with E-state index in [9.17, 15) is 4.79 Å². The maximum Gasteiger partial charge on any atom is 0.223 e. The summed E-state index contributed by atoms with van der Waals surface area (Å²) in [6.07, 6.45) is 2.63. The lowest BCUT2D eigenvalue weighted by atomic mass is 9.91. The van der Waals surface area contributed by atoms with Crippen molar-refractivity contribution in [1.29, 1.82) is 0 Å². The van der Waals surface area contributed by atoms with Crippen molar-refractivity contribution in [3.8, 4) is 0 Å². The van der Waals surface area contributed by atoms with Gasteiger partial charge in [-0.15, -0.1) is 0 Å². The van der Waals surface area contributed by atoms with E-state index in [4.69, 9.17) is 11.6 Å². The second kappa shape index (κ2) is 8.97. The van der Waals surface area contributed by atoms with Crippen molar-refractivity contribution in [3.63, 3.8) is 0 Å². The van der Waals surface area contributed by atoms with E-state index in [2.05, 4.69) is 64.4 Å². The summed E-state index contributed by atoms with van der Waals surface area (Å²) in [7, 11) is 0. The Morgan fingerprint density at radius 1 is 1.15 bits per heavy atom. The van der Waals surface area contributed by atoms with Gasteiger partial charge in [-0.3, -0.25) is 4.79 Å². The predicted molar refractivity (Wildman–Crippen MR) is 114 cm³/mol. The molecule has 1 atom stereocenters. The van der Waals surface area contributed by atoms with Crippen molar-refractivity contribution in [3.05, 3.63) is 58.9 Å². The van der Waals surface area contributed by atoms with Crippen LogP contribution >= 0.6 is 11.6 Å². The topological polar surface area (TPSA) is 25.2 Å².